The van der Waals surface area contributed by atoms with Crippen LogP contribution < -0.4 is 5.32 Å². The van der Waals surface area contributed by atoms with Crippen molar-refractivity contribution in [1.29, 1.82) is 0 Å². The molecule has 0 unspecified atom stereocenters. The van der Waals surface area contributed by atoms with Gasteiger partial charge in [0.2, 0.25) is 0 Å². The molecule has 4 rings (SSSR count). The molecule has 33 heavy (non-hydrogen) atoms. The molecule has 0 fully saturated rings. The highest BCUT2D eigenvalue weighted by atomic mass is 16.6. The SMILES string of the molecule is CCCCc1nc2cc(NC(=O)c3ccccc3)c(C)nc2n1Cc1ccccc1[N+](=O)[O-]. The number of aryl methyl sites for hydroxylation is 2. The van der Waals surface area contributed by atoms with Crippen LogP contribution in [-0.2, 0) is 13.0 Å². The highest BCUT2D eigenvalue weighted by Crippen LogP contribution is 2.26. The van der Waals surface area contributed by atoms with Gasteiger partial charge in [0, 0.05) is 23.6 Å². The molecule has 0 aliphatic carbocycles. The lowest BCUT2D eigenvalue weighted by Gasteiger charge is -2.11. The molecule has 4 aromatic rings. The number of nitro groups is 1. The number of nitrogens with one attached hydrogen (secondary N) is 1. The zero-order valence-electron chi connectivity index (χ0n) is 18.6. The monoisotopic (exact) mass is 443 g/mol. The number of rotatable bonds is 8. The Labute approximate surface area is 191 Å². The number of carbonyl (C=O) groups is 1. The van der Waals surface area contributed by atoms with E-state index in [0.29, 0.717) is 40.2 Å². The van der Waals surface area contributed by atoms with Gasteiger partial charge in [0.25, 0.3) is 11.6 Å². The Hall–Kier alpha value is -4.07. The van der Waals surface area contributed by atoms with Crippen molar-refractivity contribution < 1.29 is 9.72 Å². The Morgan fingerprint density at radius 3 is 2.55 bits per heavy atom. The second kappa shape index (κ2) is 9.60. The first-order valence-corrected chi connectivity index (χ1v) is 10.9. The number of unbranched alkanes of at least 4 members (excludes halogenated alkanes) is 1. The molecule has 0 spiro atoms. The van der Waals surface area contributed by atoms with Crippen molar-refractivity contribution in [3.63, 3.8) is 0 Å². The smallest absolute Gasteiger partial charge is 0.274 e. The van der Waals surface area contributed by atoms with E-state index in [2.05, 4.69) is 12.2 Å². The first-order valence-electron chi connectivity index (χ1n) is 10.9. The Morgan fingerprint density at radius 1 is 1.09 bits per heavy atom. The number of anilines is 1. The number of aromatic nitrogens is 3. The lowest BCUT2D eigenvalue weighted by atomic mass is 10.1. The second-order valence-corrected chi connectivity index (χ2v) is 7.89. The Kier molecular flexibility index (Phi) is 6.44. The molecule has 0 atom stereocenters. The molecule has 2 aromatic carbocycles. The molecule has 8 nitrogen and oxygen atoms in total. The van der Waals surface area contributed by atoms with Crippen LogP contribution in [0, 0.1) is 17.0 Å². The van der Waals surface area contributed by atoms with Crippen LogP contribution in [0.1, 0.15) is 47.2 Å². The van der Waals surface area contributed by atoms with Crippen LogP contribution in [0.5, 0.6) is 0 Å². The van der Waals surface area contributed by atoms with E-state index >= 15 is 0 Å². The maximum absolute atomic E-state index is 12.6. The maximum Gasteiger partial charge on any atom is 0.274 e. The zero-order chi connectivity index (χ0) is 23.4. The molecule has 0 saturated carbocycles. The number of fused-ring (bicyclic) bond motifs is 1. The first-order chi connectivity index (χ1) is 16.0. The lowest BCUT2D eigenvalue weighted by Crippen LogP contribution is -2.13. The molecule has 0 radical (unpaired) electrons. The topological polar surface area (TPSA) is 103 Å². The molecule has 8 heteroatoms. The minimum absolute atomic E-state index is 0.0734. The fraction of sp³-hybridized carbons (Fsp3) is 0.240. The summed E-state index contributed by atoms with van der Waals surface area (Å²) in [6, 6.07) is 17.5. The van der Waals surface area contributed by atoms with E-state index in [4.69, 9.17) is 9.97 Å². The van der Waals surface area contributed by atoms with Gasteiger partial charge in [-0.05, 0) is 31.5 Å². The van der Waals surface area contributed by atoms with Gasteiger partial charge in [0.05, 0.1) is 22.8 Å². The summed E-state index contributed by atoms with van der Waals surface area (Å²) >= 11 is 0. The Bertz CT molecular complexity index is 1310. The van der Waals surface area contributed by atoms with Crippen molar-refractivity contribution in [1.82, 2.24) is 14.5 Å². The summed E-state index contributed by atoms with van der Waals surface area (Å²) in [5, 5.41) is 14.4. The number of pyridine rings is 1. The van der Waals surface area contributed by atoms with Crippen LogP contribution in [0.15, 0.2) is 60.7 Å². The fourth-order valence-electron chi connectivity index (χ4n) is 3.78. The number of carbonyl (C=O) groups excluding carboxylic acids is 1. The van der Waals surface area contributed by atoms with Crippen molar-refractivity contribution in [3.8, 4) is 0 Å². The lowest BCUT2D eigenvalue weighted by molar-refractivity contribution is -0.385. The van der Waals surface area contributed by atoms with E-state index in [-0.39, 0.29) is 16.5 Å². The van der Waals surface area contributed by atoms with E-state index in [0.717, 1.165) is 25.1 Å². The summed E-state index contributed by atoms with van der Waals surface area (Å²) in [6.45, 7) is 4.23. The molecule has 1 N–H and O–H groups in total. The first kappa shape index (κ1) is 22.1. The van der Waals surface area contributed by atoms with E-state index in [1.165, 1.54) is 6.07 Å². The predicted octanol–water partition coefficient (Wildman–Crippen LogP) is 5.29. The minimum Gasteiger partial charge on any atom is -0.320 e. The molecule has 0 bridgehead atoms. The average Bonchev–Trinajstić information content (AvgIpc) is 3.14. The molecule has 2 aromatic heterocycles. The van der Waals surface area contributed by atoms with E-state index in [1.807, 2.05) is 35.8 Å². The number of amides is 1. The van der Waals surface area contributed by atoms with Crippen molar-refractivity contribution >= 4 is 28.4 Å². The number of nitrogens with zero attached hydrogens (tertiary/aromatic N) is 4. The van der Waals surface area contributed by atoms with Gasteiger partial charge >= 0.3 is 0 Å². The normalized spacial score (nSPS) is 11.0. The molecule has 0 saturated heterocycles. The largest absolute Gasteiger partial charge is 0.320 e. The number of benzene rings is 2. The van der Waals surface area contributed by atoms with Crippen molar-refractivity contribution in [2.45, 2.75) is 39.7 Å². The van der Waals surface area contributed by atoms with Crippen molar-refractivity contribution in [2.75, 3.05) is 5.32 Å². The Balaban J connectivity index is 1.74. The van der Waals surface area contributed by atoms with Gasteiger partial charge in [0.15, 0.2) is 5.65 Å². The second-order valence-electron chi connectivity index (χ2n) is 7.89. The van der Waals surface area contributed by atoms with Gasteiger partial charge in [-0.1, -0.05) is 49.7 Å². The van der Waals surface area contributed by atoms with E-state index in [1.54, 1.807) is 30.3 Å². The van der Waals surface area contributed by atoms with Crippen LogP contribution in [0.25, 0.3) is 11.2 Å². The third kappa shape index (κ3) is 4.74. The highest BCUT2D eigenvalue weighted by Gasteiger charge is 2.19. The number of hydrogen-bond donors (Lipinski definition) is 1. The van der Waals surface area contributed by atoms with Crippen molar-refractivity contribution in [2.24, 2.45) is 0 Å². The van der Waals surface area contributed by atoms with Crippen LogP contribution >= 0.6 is 0 Å². The fourth-order valence-corrected chi connectivity index (χ4v) is 3.78. The van der Waals surface area contributed by atoms with Gasteiger partial charge in [-0.3, -0.25) is 14.9 Å². The van der Waals surface area contributed by atoms with E-state index < -0.39 is 0 Å². The summed E-state index contributed by atoms with van der Waals surface area (Å²) in [4.78, 5) is 33.3. The standard InChI is InChI=1S/C25H25N5O3/c1-3-4-14-23-27-21-15-20(28-25(31)18-10-6-5-7-11-18)17(2)26-24(21)29(23)16-19-12-8-9-13-22(19)30(32)33/h5-13,15H,3-4,14,16H2,1-2H3,(H,28,31). The summed E-state index contributed by atoms with van der Waals surface area (Å²) in [7, 11) is 0. The predicted molar refractivity (Wildman–Crippen MR) is 127 cm³/mol. The summed E-state index contributed by atoms with van der Waals surface area (Å²) in [6.07, 6.45) is 2.68. The molecule has 168 valence electrons. The van der Waals surface area contributed by atoms with Gasteiger partial charge in [-0.25, -0.2) is 9.97 Å². The highest BCUT2D eigenvalue weighted by molar-refractivity contribution is 6.05. The summed E-state index contributed by atoms with van der Waals surface area (Å²) < 4.78 is 1.95. The van der Waals surface area contributed by atoms with Gasteiger partial charge < -0.3 is 9.88 Å². The molecule has 0 aliphatic rings. The van der Waals surface area contributed by atoms with Crippen LogP contribution in [0.2, 0.25) is 0 Å². The van der Waals surface area contributed by atoms with Gasteiger partial charge in [0.1, 0.15) is 11.3 Å². The molecular formula is C25H25N5O3. The average molecular weight is 444 g/mol. The zero-order valence-corrected chi connectivity index (χ0v) is 18.6. The number of nitro benzene ring substituents is 1. The van der Waals surface area contributed by atoms with Gasteiger partial charge in [-0.2, -0.15) is 0 Å². The quantitative estimate of drug-likeness (QED) is 0.294. The van der Waals surface area contributed by atoms with Crippen molar-refractivity contribution in [3.05, 3.63) is 93.4 Å². The number of para-hydroxylation sites is 1. The van der Waals surface area contributed by atoms with Crippen LogP contribution in [-0.4, -0.2) is 25.4 Å². The molecule has 0 aliphatic heterocycles. The third-order valence-corrected chi connectivity index (χ3v) is 5.55. The van der Waals surface area contributed by atoms with Crippen LogP contribution in [0.4, 0.5) is 11.4 Å². The number of imidazole rings is 1. The third-order valence-electron chi connectivity index (χ3n) is 5.55. The molecule has 1 amide bonds. The molecular weight excluding hydrogens is 418 g/mol. The molecule has 2 heterocycles. The Morgan fingerprint density at radius 2 is 1.82 bits per heavy atom. The maximum atomic E-state index is 12.6. The van der Waals surface area contributed by atoms with E-state index in [9.17, 15) is 14.9 Å². The van der Waals surface area contributed by atoms with Gasteiger partial charge in [-0.15, -0.1) is 0 Å². The summed E-state index contributed by atoms with van der Waals surface area (Å²) in [5.41, 5.74) is 3.77. The summed E-state index contributed by atoms with van der Waals surface area (Å²) in [5.74, 6) is 0.605. The minimum atomic E-state index is -0.365. The van der Waals surface area contributed by atoms with Crippen LogP contribution in [0.3, 0.4) is 0 Å². The number of hydrogen-bond acceptors (Lipinski definition) is 5.